The molecule has 4 N–H and O–H groups in total. The van der Waals surface area contributed by atoms with Crippen molar-refractivity contribution in [3.63, 3.8) is 0 Å². The van der Waals surface area contributed by atoms with Gasteiger partial charge in [0.2, 0.25) is 11.8 Å². The van der Waals surface area contributed by atoms with Gasteiger partial charge in [-0.1, -0.05) is 67.8 Å². The van der Waals surface area contributed by atoms with Gasteiger partial charge in [0.25, 0.3) is 5.91 Å². The smallest absolute Gasteiger partial charge is 0.275 e. The summed E-state index contributed by atoms with van der Waals surface area (Å²) in [5.74, 6) is -1.32. The lowest BCUT2D eigenvalue weighted by Crippen LogP contribution is -2.47. The molecule has 0 atom stereocenters. The molecule has 0 spiro atoms. The molecule has 0 bridgehead atoms. The zero-order valence-corrected chi connectivity index (χ0v) is 18.7. The second-order valence-electron chi connectivity index (χ2n) is 8.48. The molecular weight excluding hydrogens is 430 g/mol. The minimum Gasteiger partial charge on any atom is -0.325 e. The number of carbonyl (C=O) groups is 3. The van der Waals surface area contributed by atoms with Crippen molar-refractivity contribution in [3.05, 3.63) is 84.4 Å². The lowest BCUT2D eigenvalue weighted by molar-refractivity contribution is -0.139. The molecule has 4 rings (SSSR count). The Morgan fingerprint density at radius 3 is 1.91 bits per heavy atom. The molecule has 1 aliphatic carbocycles. The molecule has 0 unspecified atom stereocenters. The number of hydrogen-bond acceptors (Lipinski definition) is 4. The lowest BCUT2D eigenvalue weighted by atomic mass is 9.72. The highest BCUT2D eigenvalue weighted by molar-refractivity contribution is 6.15. The molecule has 0 aromatic heterocycles. The molecule has 0 radical (unpaired) electrons. The van der Waals surface area contributed by atoms with Crippen LogP contribution >= 0.6 is 0 Å². The lowest BCUT2D eigenvalue weighted by Gasteiger charge is -2.34. The summed E-state index contributed by atoms with van der Waals surface area (Å²) < 4.78 is 0. The van der Waals surface area contributed by atoms with Gasteiger partial charge in [-0.05, 0) is 54.3 Å². The molecule has 3 amide bonds. The maximum Gasteiger partial charge on any atom is 0.275 e. The first kappa shape index (κ1) is 23.2. The van der Waals surface area contributed by atoms with Crippen molar-refractivity contribution in [2.24, 2.45) is 5.41 Å². The highest BCUT2D eigenvalue weighted by Crippen LogP contribution is 2.39. The molecule has 1 aliphatic rings. The van der Waals surface area contributed by atoms with Crippen LogP contribution in [0.5, 0.6) is 0 Å². The van der Waals surface area contributed by atoms with E-state index in [0.717, 1.165) is 24.8 Å². The van der Waals surface area contributed by atoms with Crippen LogP contribution < -0.4 is 16.1 Å². The van der Waals surface area contributed by atoms with Gasteiger partial charge in [-0.25, -0.2) is 5.48 Å². The summed E-state index contributed by atoms with van der Waals surface area (Å²) in [5, 5.41) is 15.0. The molecule has 174 valence electrons. The third kappa shape index (κ3) is 4.84. The van der Waals surface area contributed by atoms with E-state index in [1.165, 1.54) is 0 Å². The molecular formula is C27H27N3O4. The van der Waals surface area contributed by atoms with E-state index in [4.69, 9.17) is 5.21 Å². The molecule has 7 heteroatoms. The zero-order valence-electron chi connectivity index (χ0n) is 18.7. The van der Waals surface area contributed by atoms with Crippen LogP contribution in [0.2, 0.25) is 0 Å². The van der Waals surface area contributed by atoms with E-state index in [-0.39, 0.29) is 17.4 Å². The van der Waals surface area contributed by atoms with Gasteiger partial charge in [-0.2, -0.15) is 0 Å². The van der Waals surface area contributed by atoms with Crippen molar-refractivity contribution in [1.82, 2.24) is 5.48 Å². The van der Waals surface area contributed by atoms with E-state index in [1.807, 2.05) is 48.5 Å². The Balaban J connectivity index is 1.64. The number of para-hydroxylation sites is 1. The number of benzene rings is 3. The quantitative estimate of drug-likeness (QED) is 0.237. The fraction of sp³-hybridized carbons (Fsp3) is 0.222. The van der Waals surface area contributed by atoms with Crippen LogP contribution in [0.15, 0.2) is 78.9 Å². The van der Waals surface area contributed by atoms with Gasteiger partial charge in [0.15, 0.2) is 0 Å². The van der Waals surface area contributed by atoms with Crippen LogP contribution in [-0.4, -0.2) is 22.9 Å². The van der Waals surface area contributed by atoms with E-state index in [2.05, 4.69) is 10.6 Å². The Kier molecular flexibility index (Phi) is 7.04. The van der Waals surface area contributed by atoms with Crippen LogP contribution in [0.3, 0.4) is 0 Å². The second kappa shape index (κ2) is 10.3. The summed E-state index contributed by atoms with van der Waals surface area (Å²) in [6.07, 6.45) is 3.50. The first-order chi connectivity index (χ1) is 16.5. The van der Waals surface area contributed by atoms with Gasteiger partial charge in [0.05, 0.1) is 0 Å². The SMILES string of the molecule is O=C(NO)c1ccc(NC(=O)C2(C(=O)Nc3ccccc3)CCCCC2)cc1-c1ccccc1. The van der Waals surface area contributed by atoms with Crippen molar-refractivity contribution in [2.45, 2.75) is 32.1 Å². The first-order valence-electron chi connectivity index (χ1n) is 11.4. The average molecular weight is 458 g/mol. The Bertz CT molecular complexity index is 1170. The highest BCUT2D eigenvalue weighted by atomic mass is 16.5. The summed E-state index contributed by atoms with van der Waals surface area (Å²) in [5.41, 5.74) is 3.18. The van der Waals surface area contributed by atoms with Crippen LogP contribution in [0.1, 0.15) is 42.5 Å². The van der Waals surface area contributed by atoms with Crippen molar-refractivity contribution in [3.8, 4) is 11.1 Å². The minimum atomic E-state index is -1.18. The topological polar surface area (TPSA) is 108 Å². The fourth-order valence-corrected chi connectivity index (χ4v) is 4.47. The molecule has 7 nitrogen and oxygen atoms in total. The number of rotatable bonds is 6. The Morgan fingerprint density at radius 1 is 0.706 bits per heavy atom. The van der Waals surface area contributed by atoms with Gasteiger partial charge < -0.3 is 10.6 Å². The van der Waals surface area contributed by atoms with Crippen molar-refractivity contribution in [1.29, 1.82) is 0 Å². The molecule has 1 fully saturated rings. The van der Waals surface area contributed by atoms with Gasteiger partial charge in [0, 0.05) is 16.9 Å². The molecule has 3 aromatic carbocycles. The number of anilines is 2. The Morgan fingerprint density at radius 2 is 1.29 bits per heavy atom. The van der Waals surface area contributed by atoms with Crippen molar-refractivity contribution >= 4 is 29.1 Å². The van der Waals surface area contributed by atoms with Crippen molar-refractivity contribution in [2.75, 3.05) is 10.6 Å². The number of amides is 3. The van der Waals surface area contributed by atoms with Crippen LogP contribution in [0.25, 0.3) is 11.1 Å². The van der Waals surface area contributed by atoms with E-state index < -0.39 is 11.3 Å². The van der Waals surface area contributed by atoms with Gasteiger partial charge >= 0.3 is 0 Å². The summed E-state index contributed by atoms with van der Waals surface area (Å²) >= 11 is 0. The monoisotopic (exact) mass is 457 g/mol. The van der Waals surface area contributed by atoms with Gasteiger partial charge in [-0.15, -0.1) is 0 Å². The molecule has 34 heavy (non-hydrogen) atoms. The van der Waals surface area contributed by atoms with E-state index in [9.17, 15) is 14.4 Å². The standard InChI is InChI=1S/C27H27N3O4/c31-24(30-34)22-15-14-21(18-23(22)19-10-4-1-5-11-19)29-26(33)27(16-8-3-9-17-27)25(32)28-20-12-6-2-7-13-20/h1-2,4-7,10-15,18,34H,3,8-9,16-17H2,(H,28,32)(H,29,33)(H,30,31). The molecule has 0 heterocycles. The fourth-order valence-electron chi connectivity index (χ4n) is 4.47. The van der Waals surface area contributed by atoms with E-state index in [1.54, 1.807) is 35.8 Å². The molecule has 0 saturated heterocycles. The van der Waals surface area contributed by atoms with Gasteiger partial charge in [0.1, 0.15) is 5.41 Å². The molecule has 3 aromatic rings. The summed E-state index contributed by atoms with van der Waals surface area (Å²) in [6, 6.07) is 23.2. The number of hydrogen-bond donors (Lipinski definition) is 4. The maximum atomic E-state index is 13.6. The predicted molar refractivity (Wildman–Crippen MR) is 130 cm³/mol. The number of nitrogens with one attached hydrogen (secondary N) is 3. The minimum absolute atomic E-state index is 0.265. The van der Waals surface area contributed by atoms with Crippen molar-refractivity contribution < 1.29 is 19.6 Å². The first-order valence-corrected chi connectivity index (χ1v) is 11.4. The maximum absolute atomic E-state index is 13.6. The molecule has 1 saturated carbocycles. The third-order valence-electron chi connectivity index (χ3n) is 6.32. The largest absolute Gasteiger partial charge is 0.325 e. The summed E-state index contributed by atoms with van der Waals surface area (Å²) in [7, 11) is 0. The Hall–Kier alpha value is -3.97. The molecule has 0 aliphatic heterocycles. The summed E-state index contributed by atoms with van der Waals surface area (Å²) in [4.78, 5) is 39.1. The number of carbonyl (C=O) groups excluding carboxylic acids is 3. The highest BCUT2D eigenvalue weighted by Gasteiger charge is 2.46. The van der Waals surface area contributed by atoms with Crippen LogP contribution in [0, 0.1) is 5.41 Å². The van der Waals surface area contributed by atoms with E-state index >= 15 is 0 Å². The predicted octanol–water partition coefficient (Wildman–Crippen LogP) is 5.00. The second-order valence-corrected chi connectivity index (χ2v) is 8.48. The van der Waals surface area contributed by atoms with Gasteiger partial charge in [-0.3, -0.25) is 19.6 Å². The Labute approximate surface area is 198 Å². The number of hydroxylamine groups is 1. The summed E-state index contributed by atoms with van der Waals surface area (Å²) in [6.45, 7) is 0. The van der Waals surface area contributed by atoms with Crippen LogP contribution in [-0.2, 0) is 9.59 Å². The normalized spacial score (nSPS) is 14.6. The van der Waals surface area contributed by atoms with E-state index in [0.29, 0.717) is 29.8 Å². The average Bonchev–Trinajstić information content (AvgIpc) is 2.89. The third-order valence-corrected chi connectivity index (χ3v) is 6.32. The zero-order chi connectivity index (χ0) is 24.0. The van der Waals surface area contributed by atoms with Crippen LogP contribution in [0.4, 0.5) is 11.4 Å².